The molecule has 2 N–H and O–H groups in total. The predicted octanol–water partition coefficient (Wildman–Crippen LogP) is 0.715. The number of carbonyl (C=O) groups excluding carboxylic acids is 2. The summed E-state index contributed by atoms with van der Waals surface area (Å²) in [5.41, 5.74) is 0. The molecule has 0 spiro atoms. The first kappa shape index (κ1) is 15.8. The molecule has 0 aliphatic carbocycles. The lowest BCUT2D eigenvalue weighted by molar-refractivity contribution is -0.129. The molecule has 0 radical (unpaired) electrons. The number of ether oxygens (including phenoxy) is 2. The highest BCUT2D eigenvalue weighted by Crippen LogP contribution is 2.16. The van der Waals surface area contributed by atoms with Gasteiger partial charge < -0.3 is 20.1 Å². The fourth-order valence-corrected chi connectivity index (χ4v) is 1.50. The summed E-state index contributed by atoms with van der Waals surface area (Å²) in [6.07, 6.45) is 0. The summed E-state index contributed by atoms with van der Waals surface area (Å²) in [5.74, 6) is 0.711. The van der Waals surface area contributed by atoms with E-state index in [1.165, 1.54) is 0 Å². The van der Waals surface area contributed by atoms with Crippen LogP contribution in [-0.2, 0) is 9.59 Å². The van der Waals surface area contributed by atoms with E-state index in [2.05, 4.69) is 10.6 Å². The number of hydrogen-bond acceptors (Lipinski definition) is 4. The van der Waals surface area contributed by atoms with Crippen LogP contribution in [0.25, 0.3) is 0 Å². The Labute approximate surface area is 118 Å². The molecule has 0 aliphatic rings. The van der Waals surface area contributed by atoms with Gasteiger partial charge >= 0.3 is 0 Å². The minimum Gasteiger partial charge on any atom is -0.497 e. The van der Waals surface area contributed by atoms with Crippen LogP contribution in [-0.4, -0.2) is 38.1 Å². The zero-order valence-electron chi connectivity index (χ0n) is 11.9. The number of methoxy groups -OCH3 is 1. The van der Waals surface area contributed by atoms with E-state index < -0.39 is 6.04 Å². The zero-order valence-corrected chi connectivity index (χ0v) is 11.9. The number of rotatable bonds is 7. The van der Waals surface area contributed by atoms with E-state index in [0.717, 1.165) is 0 Å². The Balaban J connectivity index is 2.37. The number of carbonyl (C=O) groups is 2. The third-order valence-corrected chi connectivity index (χ3v) is 2.55. The summed E-state index contributed by atoms with van der Waals surface area (Å²) in [7, 11) is 1.58. The summed E-state index contributed by atoms with van der Waals surface area (Å²) in [5, 5.41) is 5.19. The summed E-state index contributed by atoms with van der Waals surface area (Å²) >= 11 is 0. The number of hydrogen-bond donors (Lipinski definition) is 2. The molecule has 0 fully saturated rings. The van der Waals surface area contributed by atoms with E-state index in [-0.39, 0.29) is 18.4 Å². The van der Waals surface area contributed by atoms with Gasteiger partial charge in [-0.3, -0.25) is 9.59 Å². The molecule has 1 atom stereocenters. The van der Waals surface area contributed by atoms with E-state index in [0.29, 0.717) is 18.0 Å². The van der Waals surface area contributed by atoms with Gasteiger partial charge in [-0.1, -0.05) is 0 Å². The molecule has 0 unspecified atom stereocenters. The second-order valence-electron chi connectivity index (χ2n) is 4.15. The van der Waals surface area contributed by atoms with Crippen molar-refractivity contribution in [2.75, 3.05) is 20.3 Å². The largest absolute Gasteiger partial charge is 0.497 e. The molecule has 110 valence electrons. The van der Waals surface area contributed by atoms with Crippen LogP contribution in [0.15, 0.2) is 24.3 Å². The average Bonchev–Trinajstić information content (AvgIpc) is 2.45. The monoisotopic (exact) mass is 280 g/mol. The molecule has 0 aromatic heterocycles. The van der Waals surface area contributed by atoms with E-state index in [9.17, 15) is 9.59 Å². The lowest BCUT2D eigenvalue weighted by Crippen LogP contribution is -2.46. The van der Waals surface area contributed by atoms with Crippen molar-refractivity contribution in [1.29, 1.82) is 0 Å². The van der Waals surface area contributed by atoms with Crippen LogP contribution in [0.4, 0.5) is 0 Å². The predicted molar refractivity (Wildman–Crippen MR) is 74.8 cm³/mol. The molecule has 0 bridgehead atoms. The van der Waals surface area contributed by atoms with Gasteiger partial charge in [0.2, 0.25) is 5.91 Å². The maximum atomic E-state index is 11.6. The molecule has 2 amide bonds. The lowest BCUT2D eigenvalue weighted by atomic mass is 10.3. The van der Waals surface area contributed by atoms with Crippen molar-refractivity contribution < 1.29 is 19.1 Å². The maximum Gasteiger partial charge on any atom is 0.258 e. The molecule has 0 saturated heterocycles. The van der Waals surface area contributed by atoms with Crippen molar-refractivity contribution in [2.24, 2.45) is 0 Å². The van der Waals surface area contributed by atoms with E-state index in [1.807, 2.05) is 6.92 Å². The molecule has 0 saturated carbocycles. The summed E-state index contributed by atoms with van der Waals surface area (Å²) in [6, 6.07) is 6.32. The van der Waals surface area contributed by atoms with Crippen LogP contribution >= 0.6 is 0 Å². The standard InChI is InChI=1S/C14H20N2O4/c1-4-15-14(18)10(2)16-13(17)9-20-12-7-5-11(19-3)6-8-12/h5-8,10H,4,9H2,1-3H3,(H,15,18)(H,16,17)/t10-/m1/s1. The Bertz CT molecular complexity index is 445. The highest BCUT2D eigenvalue weighted by atomic mass is 16.5. The van der Waals surface area contributed by atoms with Crippen molar-refractivity contribution in [3.8, 4) is 11.5 Å². The van der Waals surface area contributed by atoms with Gasteiger partial charge in [0.25, 0.3) is 5.91 Å². The zero-order chi connectivity index (χ0) is 15.0. The Morgan fingerprint density at radius 2 is 1.80 bits per heavy atom. The summed E-state index contributed by atoms with van der Waals surface area (Å²) < 4.78 is 10.3. The average molecular weight is 280 g/mol. The van der Waals surface area contributed by atoms with Crippen LogP contribution in [0.3, 0.4) is 0 Å². The first-order valence-electron chi connectivity index (χ1n) is 6.40. The minimum absolute atomic E-state index is 0.143. The third-order valence-electron chi connectivity index (χ3n) is 2.55. The van der Waals surface area contributed by atoms with Crippen molar-refractivity contribution in [2.45, 2.75) is 19.9 Å². The van der Waals surface area contributed by atoms with E-state index in [4.69, 9.17) is 9.47 Å². The second-order valence-corrected chi connectivity index (χ2v) is 4.15. The van der Waals surface area contributed by atoms with Crippen LogP contribution in [0, 0.1) is 0 Å². The first-order valence-corrected chi connectivity index (χ1v) is 6.40. The molecule has 0 aliphatic heterocycles. The molecule has 1 aromatic carbocycles. The molecular weight excluding hydrogens is 260 g/mol. The Kier molecular flexibility index (Phi) is 6.36. The van der Waals surface area contributed by atoms with Gasteiger partial charge in [0, 0.05) is 6.54 Å². The number of likely N-dealkylation sites (N-methyl/N-ethyl adjacent to an activating group) is 1. The number of nitrogens with one attached hydrogen (secondary N) is 2. The van der Waals surface area contributed by atoms with Gasteiger partial charge in [-0.2, -0.15) is 0 Å². The first-order chi connectivity index (χ1) is 9.56. The normalized spacial score (nSPS) is 11.3. The third kappa shape index (κ3) is 5.17. The van der Waals surface area contributed by atoms with Gasteiger partial charge in [-0.15, -0.1) is 0 Å². The molecule has 0 heterocycles. The van der Waals surface area contributed by atoms with Gasteiger partial charge in [-0.05, 0) is 38.1 Å². The SMILES string of the molecule is CCNC(=O)[C@@H](C)NC(=O)COc1ccc(OC)cc1. The fraction of sp³-hybridized carbons (Fsp3) is 0.429. The topological polar surface area (TPSA) is 76.7 Å². The molecule has 6 nitrogen and oxygen atoms in total. The number of benzene rings is 1. The highest BCUT2D eigenvalue weighted by Gasteiger charge is 2.14. The second kappa shape index (κ2) is 8.04. The van der Waals surface area contributed by atoms with Gasteiger partial charge in [0.1, 0.15) is 17.5 Å². The van der Waals surface area contributed by atoms with Gasteiger partial charge in [0.15, 0.2) is 6.61 Å². The van der Waals surface area contributed by atoms with Gasteiger partial charge in [-0.25, -0.2) is 0 Å². The molecular formula is C14H20N2O4. The Hall–Kier alpha value is -2.24. The molecule has 6 heteroatoms. The summed E-state index contributed by atoms with van der Waals surface area (Å²) in [4.78, 5) is 23.1. The molecule has 1 aromatic rings. The van der Waals surface area contributed by atoms with Crippen molar-refractivity contribution in [3.63, 3.8) is 0 Å². The van der Waals surface area contributed by atoms with Crippen LogP contribution in [0.2, 0.25) is 0 Å². The summed E-state index contributed by atoms with van der Waals surface area (Å²) in [6.45, 7) is 3.83. The van der Waals surface area contributed by atoms with E-state index >= 15 is 0 Å². The highest BCUT2D eigenvalue weighted by molar-refractivity contribution is 5.87. The van der Waals surface area contributed by atoms with Crippen LogP contribution in [0.1, 0.15) is 13.8 Å². The van der Waals surface area contributed by atoms with Crippen molar-refractivity contribution in [3.05, 3.63) is 24.3 Å². The maximum absolute atomic E-state index is 11.6. The molecule has 1 rings (SSSR count). The smallest absolute Gasteiger partial charge is 0.258 e. The van der Waals surface area contributed by atoms with Crippen LogP contribution < -0.4 is 20.1 Å². The lowest BCUT2D eigenvalue weighted by Gasteiger charge is -2.13. The van der Waals surface area contributed by atoms with Gasteiger partial charge in [0.05, 0.1) is 7.11 Å². The Morgan fingerprint density at radius 1 is 1.20 bits per heavy atom. The van der Waals surface area contributed by atoms with Crippen molar-refractivity contribution >= 4 is 11.8 Å². The number of amides is 2. The van der Waals surface area contributed by atoms with E-state index in [1.54, 1.807) is 38.3 Å². The van der Waals surface area contributed by atoms with Crippen LogP contribution in [0.5, 0.6) is 11.5 Å². The van der Waals surface area contributed by atoms with Crippen molar-refractivity contribution in [1.82, 2.24) is 10.6 Å². The fourth-order valence-electron chi connectivity index (χ4n) is 1.50. The minimum atomic E-state index is -0.582. The molecule has 20 heavy (non-hydrogen) atoms. The quantitative estimate of drug-likeness (QED) is 0.771. The Morgan fingerprint density at radius 3 is 2.35 bits per heavy atom.